The fraction of sp³-hybridized carbons (Fsp3) is 0.389. The maximum atomic E-state index is 13.0. The van der Waals surface area contributed by atoms with E-state index in [1.54, 1.807) is 10.9 Å². The van der Waals surface area contributed by atoms with Crippen molar-refractivity contribution in [3.8, 4) is 11.3 Å². The Morgan fingerprint density at radius 3 is 2.79 bits per heavy atom. The molecule has 24 heavy (non-hydrogen) atoms. The molecule has 1 unspecified atom stereocenters. The predicted molar refractivity (Wildman–Crippen MR) is 89.3 cm³/mol. The zero-order valence-corrected chi connectivity index (χ0v) is 13.7. The topological polar surface area (TPSA) is 58.4 Å². The number of piperazine rings is 1. The van der Waals surface area contributed by atoms with Crippen molar-refractivity contribution in [2.45, 2.75) is 18.9 Å². The molecule has 2 aliphatic heterocycles. The molecule has 0 bridgehead atoms. The van der Waals surface area contributed by atoms with E-state index in [0.717, 1.165) is 17.7 Å². The van der Waals surface area contributed by atoms with Crippen molar-refractivity contribution in [2.75, 3.05) is 19.6 Å². The van der Waals surface area contributed by atoms with Gasteiger partial charge in [-0.3, -0.25) is 14.3 Å². The first-order valence-electron chi connectivity index (χ1n) is 8.31. The molecule has 3 heterocycles. The third kappa shape index (κ3) is 2.38. The second-order valence-corrected chi connectivity index (χ2v) is 6.43. The Balaban J connectivity index is 1.61. The summed E-state index contributed by atoms with van der Waals surface area (Å²) in [6.07, 6.45) is 3.10. The molecule has 2 saturated heterocycles. The summed E-state index contributed by atoms with van der Waals surface area (Å²) in [4.78, 5) is 28.6. The fourth-order valence-electron chi connectivity index (χ4n) is 3.75. The maximum Gasteiger partial charge on any atom is 0.257 e. The molecule has 4 rings (SSSR count). The van der Waals surface area contributed by atoms with Crippen LogP contribution in [-0.2, 0) is 11.8 Å². The number of carbonyl (C=O) groups excluding carboxylic acids is 2. The number of hydrogen-bond acceptors (Lipinski definition) is 3. The lowest BCUT2D eigenvalue weighted by atomic mass is 10.1. The van der Waals surface area contributed by atoms with Gasteiger partial charge < -0.3 is 9.80 Å². The lowest BCUT2D eigenvalue weighted by Crippen LogP contribution is -2.53. The number of rotatable bonds is 2. The second kappa shape index (κ2) is 5.78. The van der Waals surface area contributed by atoms with Gasteiger partial charge in [-0.2, -0.15) is 5.10 Å². The normalized spacial score (nSPS) is 20.4. The third-order valence-corrected chi connectivity index (χ3v) is 5.00. The van der Waals surface area contributed by atoms with Gasteiger partial charge in [-0.15, -0.1) is 0 Å². The van der Waals surface area contributed by atoms with E-state index in [1.165, 1.54) is 0 Å². The Labute approximate surface area is 140 Å². The van der Waals surface area contributed by atoms with Crippen LogP contribution in [0.15, 0.2) is 36.5 Å². The molecule has 0 radical (unpaired) electrons. The van der Waals surface area contributed by atoms with E-state index >= 15 is 0 Å². The SMILES string of the molecule is Cn1ncc(C(=O)N2CCN3C(=O)CCC3C2)c1-c1ccccc1. The van der Waals surface area contributed by atoms with Crippen molar-refractivity contribution in [3.63, 3.8) is 0 Å². The number of benzene rings is 1. The number of carbonyl (C=O) groups is 2. The second-order valence-electron chi connectivity index (χ2n) is 6.43. The van der Waals surface area contributed by atoms with Crippen LogP contribution in [0, 0.1) is 0 Å². The minimum Gasteiger partial charge on any atom is -0.336 e. The minimum atomic E-state index is 0.000882. The largest absolute Gasteiger partial charge is 0.336 e. The highest BCUT2D eigenvalue weighted by molar-refractivity contribution is 6.00. The zero-order chi connectivity index (χ0) is 16.7. The maximum absolute atomic E-state index is 13.0. The van der Waals surface area contributed by atoms with Gasteiger partial charge in [0.15, 0.2) is 0 Å². The van der Waals surface area contributed by atoms with Gasteiger partial charge >= 0.3 is 0 Å². The Bertz CT molecular complexity index is 784. The van der Waals surface area contributed by atoms with Crippen LogP contribution in [0.25, 0.3) is 11.3 Å². The van der Waals surface area contributed by atoms with Gasteiger partial charge in [-0.1, -0.05) is 30.3 Å². The molecule has 2 aliphatic rings. The molecule has 0 saturated carbocycles. The van der Waals surface area contributed by atoms with Crippen molar-refractivity contribution in [3.05, 3.63) is 42.1 Å². The number of amides is 2. The average molecular weight is 324 g/mol. The highest BCUT2D eigenvalue weighted by atomic mass is 16.2. The highest BCUT2D eigenvalue weighted by Gasteiger charge is 2.37. The van der Waals surface area contributed by atoms with Gasteiger partial charge in [0.05, 0.1) is 17.5 Å². The quantitative estimate of drug-likeness (QED) is 0.842. The van der Waals surface area contributed by atoms with Gasteiger partial charge in [-0.25, -0.2) is 0 Å². The van der Waals surface area contributed by atoms with Crippen LogP contribution in [0.2, 0.25) is 0 Å². The minimum absolute atomic E-state index is 0.000882. The van der Waals surface area contributed by atoms with Crippen LogP contribution < -0.4 is 0 Å². The fourth-order valence-corrected chi connectivity index (χ4v) is 3.75. The molecule has 2 aromatic rings. The van der Waals surface area contributed by atoms with Crippen molar-refractivity contribution < 1.29 is 9.59 Å². The molecule has 0 aliphatic carbocycles. The summed E-state index contributed by atoms with van der Waals surface area (Å²) in [5.41, 5.74) is 2.45. The van der Waals surface area contributed by atoms with E-state index in [0.29, 0.717) is 31.6 Å². The van der Waals surface area contributed by atoms with E-state index in [2.05, 4.69) is 5.10 Å². The number of aromatic nitrogens is 2. The summed E-state index contributed by atoms with van der Waals surface area (Å²) in [6, 6.07) is 10.0. The molecule has 2 fully saturated rings. The van der Waals surface area contributed by atoms with Crippen molar-refractivity contribution in [2.24, 2.45) is 7.05 Å². The summed E-state index contributed by atoms with van der Waals surface area (Å²) in [7, 11) is 1.85. The molecule has 1 aromatic carbocycles. The van der Waals surface area contributed by atoms with Gasteiger partial charge in [0.25, 0.3) is 5.91 Å². The van der Waals surface area contributed by atoms with Gasteiger partial charge in [0, 0.05) is 44.7 Å². The molecule has 1 atom stereocenters. The predicted octanol–water partition coefficient (Wildman–Crippen LogP) is 1.53. The summed E-state index contributed by atoms with van der Waals surface area (Å²) in [6.45, 7) is 1.84. The van der Waals surface area contributed by atoms with Crippen LogP contribution in [-0.4, -0.2) is 57.1 Å². The monoisotopic (exact) mass is 324 g/mol. The zero-order valence-electron chi connectivity index (χ0n) is 13.7. The third-order valence-electron chi connectivity index (χ3n) is 5.00. The van der Waals surface area contributed by atoms with Crippen LogP contribution in [0.3, 0.4) is 0 Å². The van der Waals surface area contributed by atoms with Gasteiger partial charge in [0.2, 0.25) is 5.91 Å². The Kier molecular flexibility index (Phi) is 3.59. The van der Waals surface area contributed by atoms with Crippen molar-refractivity contribution >= 4 is 11.8 Å². The van der Waals surface area contributed by atoms with Gasteiger partial charge in [-0.05, 0) is 6.42 Å². The van der Waals surface area contributed by atoms with E-state index in [4.69, 9.17) is 0 Å². The Morgan fingerprint density at radius 2 is 2.00 bits per heavy atom. The Hall–Kier alpha value is -2.63. The number of aryl methyl sites for hydroxylation is 1. The Morgan fingerprint density at radius 1 is 1.21 bits per heavy atom. The standard InChI is InChI=1S/C18H20N4O2/c1-20-17(13-5-3-2-4-6-13)15(11-19-20)18(24)21-9-10-22-14(12-21)7-8-16(22)23/h2-6,11,14H,7-10,12H2,1H3. The summed E-state index contributed by atoms with van der Waals surface area (Å²) >= 11 is 0. The van der Waals surface area contributed by atoms with Crippen LogP contribution >= 0.6 is 0 Å². The first-order chi connectivity index (χ1) is 11.6. The first kappa shape index (κ1) is 14.9. The summed E-state index contributed by atoms with van der Waals surface area (Å²) in [5, 5.41) is 4.29. The molecule has 2 amide bonds. The average Bonchev–Trinajstić information content (AvgIpc) is 3.18. The molecule has 124 valence electrons. The summed E-state index contributed by atoms with van der Waals surface area (Å²) in [5.74, 6) is 0.222. The smallest absolute Gasteiger partial charge is 0.257 e. The highest BCUT2D eigenvalue weighted by Crippen LogP contribution is 2.27. The first-order valence-corrected chi connectivity index (χ1v) is 8.31. The van der Waals surface area contributed by atoms with E-state index < -0.39 is 0 Å². The van der Waals surface area contributed by atoms with Gasteiger partial charge in [0.1, 0.15) is 0 Å². The molecule has 0 N–H and O–H groups in total. The van der Waals surface area contributed by atoms with Crippen LogP contribution in [0.1, 0.15) is 23.2 Å². The molecular weight excluding hydrogens is 304 g/mol. The lowest BCUT2D eigenvalue weighted by Gasteiger charge is -2.37. The lowest BCUT2D eigenvalue weighted by molar-refractivity contribution is -0.130. The van der Waals surface area contributed by atoms with E-state index in [1.807, 2.05) is 47.2 Å². The molecule has 6 nitrogen and oxygen atoms in total. The van der Waals surface area contributed by atoms with Crippen LogP contribution in [0.5, 0.6) is 0 Å². The number of nitrogens with zero attached hydrogens (tertiary/aromatic N) is 4. The molecular formula is C18H20N4O2. The van der Waals surface area contributed by atoms with Crippen molar-refractivity contribution in [1.82, 2.24) is 19.6 Å². The molecule has 0 spiro atoms. The van der Waals surface area contributed by atoms with E-state index in [9.17, 15) is 9.59 Å². The number of fused-ring (bicyclic) bond motifs is 1. The molecule has 1 aromatic heterocycles. The van der Waals surface area contributed by atoms with Crippen LogP contribution in [0.4, 0.5) is 0 Å². The van der Waals surface area contributed by atoms with E-state index in [-0.39, 0.29) is 17.9 Å². The number of hydrogen-bond donors (Lipinski definition) is 0. The molecule has 6 heteroatoms. The summed E-state index contributed by atoms with van der Waals surface area (Å²) < 4.78 is 1.75. The van der Waals surface area contributed by atoms with Crippen molar-refractivity contribution in [1.29, 1.82) is 0 Å².